The first-order chi connectivity index (χ1) is 7.71. The molecule has 1 rings (SSSR count). The van der Waals surface area contributed by atoms with E-state index in [1.807, 2.05) is 20.8 Å². The van der Waals surface area contributed by atoms with Crippen LogP contribution in [0.15, 0.2) is 12.1 Å². The van der Waals surface area contributed by atoms with Gasteiger partial charge in [0, 0.05) is 5.69 Å². The van der Waals surface area contributed by atoms with Gasteiger partial charge in [0.05, 0.1) is 6.04 Å². The first-order valence-electron chi connectivity index (χ1n) is 5.45. The smallest absolute Gasteiger partial charge is 0.243 e. The summed E-state index contributed by atoms with van der Waals surface area (Å²) in [5.74, 6) is -0.273. The lowest BCUT2D eigenvalue weighted by Crippen LogP contribution is -2.45. The molecular weight excluding hydrogens is 218 g/mol. The van der Waals surface area contributed by atoms with Crippen LogP contribution in [0, 0.1) is 12.3 Å². The average molecular weight is 237 g/mol. The fourth-order valence-corrected chi connectivity index (χ4v) is 1.23. The van der Waals surface area contributed by atoms with Crippen molar-refractivity contribution in [3.05, 3.63) is 17.8 Å². The van der Waals surface area contributed by atoms with Crippen LogP contribution in [0.1, 0.15) is 26.5 Å². The van der Waals surface area contributed by atoms with Gasteiger partial charge in [-0.2, -0.15) is 0 Å². The number of aromatic nitrogens is 1. The normalized spacial score (nSPS) is 13.2. The van der Waals surface area contributed by atoms with E-state index in [0.29, 0.717) is 5.69 Å². The van der Waals surface area contributed by atoms with Crippen molar-refractivity contribution in [1.82, 2.24) is 4.98 Å². The quantitative estimate of drug-likeness (QED) is 0.725. The molecule has 0 saturated heterocycles. The van der Waals surface area contributed by atoms with Gasteiger partial charge in [-0.05, 0) is 24.5 Å². The van der Waals surface area contributed by atoms with E-state index in [2.05, 4.69) is 10.3 Å². The lowest BCUT2D eigenvalue weighted by atomic mass is 9.87. The van der Waals surface area contributed by atoms with Gasteiger partial charge in [-0.25, -0.2) is 4.98 Å². The number of nitrogens with two attached hydrogens (primary N) is 1. The summed E-state index contributed by atoms with van der Waals surface area (Å²) < 4.78 is 0. The molecule has 0 aliphatic rings. The molecule has 0 spiro atoms. The Morgan fingerprint density at radius 2 is 2.06 bits per heavy atom. The third kappa shape index (κ3) is 3.42. The van der Waals surface area contributed by atoms with Crippen LogP contribution in [-0.2, 0) is 4.79 Å². The number of pyridine rings is 1. The van der Waals surface area contributed by atoms with Gasteiger partial charge in [0.1, 0.15) is 0 Å². The number of aromatic hydroxyl groups is 1. The fourth-order valence-electron chi connectivity index (χ4n) is 1.23. The van der Waals surface area contributed by atoms with Crippen LogP contribution in [0.5, 0.6) is 5.75 Å². The second-order valence-corrected chi connectivity index (χ2v) is 5.15. The number of anilines is 1. The number of nitrogens with one attached hydrogen (secondary N) is 1. The van der Waals surface area contributed by atoms with E-state index in [9.17, 15) is 9.90 Å². The van der Waals surface area contributed by atoms with Gasteiger partial charge in [-0.15, -0.1) is 0 Å². The summed E-state index contributed by atoms with van der Waals surface area (Å²) in [5, 5.41) is 12.1. The van der Waals surface area contributed by atoms with Crippen molar-refractivity contribution in [2.24, 2.45) is 11.1 Å². The summed E-state index contributed by atoms with van der Waals surface area (Å²) in [6, 6.07) is 2.49. The van der Waals surface area contributed by atoms with Crippen LogP contribution in [0.3, 0.4) is 0 Å². The Morgan fingerprint density at radius 3 is 2.59 bits per heavy atom. The van der Waals surface area contributed by atoms with Crippen LogP contribution in [0.25, 0.3) is 0 Å². The largest absolute Gasteiger partial charge is 0.504 e. The molecule has 5 nitrogen and oxygen atoms in total. The van der Waals surface area contributed by atoms with Crippen LogP contribution in [0.2, 0.25) is 0 Å². The molecule has 1 atom stereocenters. The SMILES string of the molecule is Cc1ccc(O)c(NC(=O)[C@@H](N)C(C)(C)C)n1. The number of amides is 1. The molecule has 5 heteroatoms. The molecule has 0 aliphatic carbocycles. The molecule has 0 unspecified atom stereocenters. The zero-order valence-electron chi connectivity index (χ0n) is 10.6. The van der Waals surface area contributed by atoms with Crippen LogP contribution >= 0.6 is 0 Å². The maximum atomic E-state index is 11.8. The Morgan fingerprint density at radius 1 is 1.47 bits per heavy atom. The standard InChI is InChI=1S/C12H19N3O2/c1-7-5-6-8(16)10(14-7)15-11(17)9(13)12(2,3)4/h5-6,9,16H,13H2,1-4H3,(H,14,15,17)/t9-/m1/s1. The highest BCUT2D eigenvalue weighted by Gasteiger charge is 2.28. The number of carbonyl (C=O) groups excluding carboxylic acids is 1. The topological polar surface area (TPSA) is 88.2 Å². The van der Waals surface area contributed by atoms with Crippen LogP contribution < -0.4 is 11.1 Å². The molecule has 1 aromatic heterocycles. The zero-order valence-corrected chi connectivity index (χ0v) is 10.6. The van der Waals surface area contributed by atoms with Gasteiger partial charge in [0.25, 0.3) is 0 Å². The Balaban J connectivity index is 2.85. The molecule has 0 radical (unpaired) electrons. The second kappa shape index (κ2) is 4.71. The monoisotopic (exact) mass is 237 g/mol. The molecule has 1 aromatic rings. The highest BCUT2D eigenvalue weighted by atomic mass is 16.3. The van der Waals surface area contributed by atoms with Crippen molar-refractivity contribution in [3.8, 4) is 5.75 Å². The highest BCUT2D eigenvalue weighted by Crippen LogP contribution is 2.23. The third-order valence-corrected chi connectivity index (χ3v) is 2.47. The minimum Gasteiger partial charge on any atom is -0.504 e. The number of aryl methyl sites for hydroxylation is 1. The molecule has 0 fully saturated rings. The van der Waals surface area contributed by atoms with Gasteiger partial charge in [-0.1, -0.05) is 20.8 Å². The van der Waals surface area contributed by atoms with E-state index in [1.165, 1.54) is 6.07 Å². The van der Waals surface area contributed by atoms with E-state index in [1.54, 1.807) is 13.0 Å². The van der Waals surface area contributed by atoms with Crippen molar-refractivity contribution < 1.29 is 9.90 Å². The Labute approximate surface area is 101 Å². The van der Waals surface area contributed by atoms with E-state index in [4.69, 9.17) is 5.73 Å². The summed E-state index contributed by atoms with van der Waals surface area (Å²) in [5.41, 5.74) is 6.18. The van der Waals surface area contributed by atoms with Gasteiger partial charge in [0.15, 0.2) is 11.6 Å². The summed E-state index contributed by atoms with van der Waals surface area (Å²) in [4.78, 5) is 15.9. The van der Waals surface area contributed by atoms with Gasteiger partial charge in [-0.3, -0.25) is 4.79 Å². The van der Waals surface area contributed by atoms with E-state index in [-0.39, 0.29) is 22.9 Å². The van der Waals surface area contributed by atoms with E-state index in [0.717, 1.165) is 0 Å². The van der Waals surface area contributed by atoms with Crippen LogP contribution in [-0.4, -0.2) is 22.0 Å². The minimum absolute atomic E-state index is 0.0648. The van der Waals surface area contributed by atoms with E-state index >= 15 is 0 Å². The summed E-state index contributed by atoms with van der Waals surface area (Å²) in [7, 11) is 0. The van der Waals surface area contributed by atoms with Crippen molar-refractivity contribution in [1.29, 1.82) is 0 Å². The molecule has 0 bridgehead atoms. The van der Waals surface area contributed by atoms with Gasteiger partial charge >= 0.3 is 0 Å². The lowest BCUT2D eigenvalue weighted by molar-refractivity contribution is -0.119. The maximum Gasteiger partial charge on any atom is 0.243 e. The summed E-state index contributed by atoms with van der Waals surface area (Å²) in [6.45, 7) is 7.40. The van der Waals surface area contributed by atoms with Crippen molar-refractivity contribution in [2.75, 3.05) is 5.32 Å². The predicted molar refractivity (Wildman–Crippen MR) is 66.7 cm³/mol. The van der Waals surface area contributed by atoms with Crippen molar-refractivity contribution >= 4 is 11.7 Å². The maximum absolute atomic E-state index is 11.8. The zero-order chi connectivity index (χ0) is 13.2. The van der Waals surface area contributed by atoms with E-state index < -0.39 is 6.04 Å². The van der Waals surface area contributed by atoms with Crippen molar-refractivity contribution in [2.45, 2.75) is 33.7 Å². The second-order valence-electron chi connectivity index (χ2n) is 5.15. The Hall–Kier alpha value is -1.62. The number of rotatable bonds is 2. The first kappa shape index (κ1) is 13.4. The molecule has 0 aromatic carbocycles. The van der Waals surface area contributed by atoms with Gasteiger partial charge in [0.2, 0.25) is 5.91 Å². The molecular formula is C12H19N3O2. The summed E-state index contributed by atoms with van der Waals surface area (Å²) >= 11 is 0. The molecule has 1 heterocycles. The molecule has 0 aliphatic heterocycles. The average Bonchev–Trinajstić information content (AvgIpc) is 2.21. The lowest BCUT2D eigenvalue weighted by Gasteiger charge is -2.25. The number of hydrogen-bond acceptors (Lipinski definition) is 4. The first-order valence-corrected chi connectivity index (χ1v) is 5.45. The number of carbonyl (C=O) groups is 1. The van der Waals surface area contributed by atoms with Crippen molar-refractivity contribution in [3.63, 3.8) is 0 Å². The Kier molecular flexibility index (Phi) is 3.72. The molecule has 17 heavy (non-hydrogen) atoms. The molecule has 94 valence electrons. The fraction of sp³-hybridized carbons (Fsp3) is 0.500. The Bertz CT molecular complexity index is 424. The highest BCUT2D eigenvalue weighted by molar-refractivity contribution is 5.95. The number of nitrogens with zero attached hydrogens (tertiary/aromatic N) is 1. The van der Waals surface area contributed by atoms with Crippen LogP contribution in [0.4, 0.5) is 5.82 Å². The third-order valence-electron chi connectivity index (χ3n) is 2.47. The summed E-state index contributed by atoms with van der Waals surface area (Å²) in [6.07, 6.45) is 0. The molecule has 4 N–H and O–H groups in total. The molecule has 0 saturated carbocycles. The molecule has 1 amide bonds. The van der Waals surface area contributed by atoms with Gasteiger partial charge < -0.3 is 16.2 Å². The number of hydrogen-bond donors (Lipinski definition) is 3. The minimum atomic E-state index is -0.663. The predicted octanol–water partition coefficient (Wildman–Crippen LogP) is 1.41.